The molecule has 0 unspecified atom stereocenters. The number of hydrogen-bond donors (Lipinski definition) is 0. The maximum absolute atomic E-state index is 12.8. The van der Waals surface area contributed by atoms with Crippen LogP contribution in [-0.2, 0) is 16.0 Å². The largest absolute Gasteiger partial charge is 0.379 e. The van der Waals surface area contributed by atoms with E-state index in [0.717, 1.165) is 75.7 Å². The molecule has 0 N–H and O–H groups in total. The van der Waals surface area contributed by atoms with Gasteiger partial charge in [-0.2, -0.15) is 0 Å². The molecule has 3 heterocycles. The zero-order valence-electron chi connectivity index (χ0n) is 14.9. The molecule has 2 aliphatic rings. The van der Waals surface area contributed by atoms with Gasteiger partial charge in [0.05, 0.1) is 18.9 Å². The maximum atomic E-state index is 12.8. The summed E-state index contributed by atoms with van der Waals surface area (Å²) in [5, 5.41) is 3.98. The number of aryl methyl sites for hydroxylation is 2. The smallest absolute Gasteiger partial charge is 0.223 e. The number of ether oxygens (including phenoxy) is 1. The molecule has 1 aromatic heterocycles. The molecular formula is C18H29N3O3. The van der Waals surface area contributed by atoms with Gasteiger partial charge in [-0.15, -0.1) is 0 Å². The number of aromatic nitrogens is 1. The van der Waals surface area contributed by atoms with Gasteiger partial charge in [0, 0.05) is 44.2 Å². The van der Waals surface area contributed by atoms with E-state index in [4.69, 9.17) is 9.26 Å². The standard InChI is InChI=1S/C18H29N3O3/c1-14-17(15(2)24-19-14)6-7-18(22)21-8-4-3-5-16(21)13-20-9-11-23-12-10-20/h16H,3-13H2,1-2H3/t16-/m0/s1. The molecule has 0 bridgehead atoms. The van der Waals surface area contributed by atoms with Gasteiger partial charge in [-0.1, -0.05) is 5.16 Å². The van der Waals surface area contributed by atoms with Crippen molar-refractivity contribution >= 4 is 5.91 Å². The van der Waals surface area contributed by atoms with E-state index in [9.17, 15) is 4.79 Å². The van der Waals surface area contributed by atoms with E-state index in [1.165, 1.54) is 6.42 Å². The summed E-state index contributed by atoms with van der Waals surface area (Å²) >= 11 is 0. The van der Waals surface area contributed by atoms with Crippen LogP contribution in [0.25, 0.3) is 0 Å². The van der Waals surface area contributed by atoms with E-state index < -0.39 is 0 Å². The van der Waals surface area contributed by atoms with Crippen LogP contribution >= 0.6 is 0 Å². The van der Waals surface area contributed by atoms with Crippen LogP contribution in [0.1, 0.15) is 42.7 Å². The summed E-state index contributed by atoms with van der Waals surface area (Å²) in [6, 6.07) is 0.356. The maximum Gasteiger partial charge on any atom is 0.223 e. The van der Waals surface area contributed by atoms with Gasteiger partial charge < -0.3 is 14.2 Å². The molecule has 0 saturated carbocycles. The van der Waals surface area contributed by atoms with Gasteiger partial charge in [0.1, 0.15) is 5.76 Å². The lowest BCUT2D eigenvalue weighted by Crippen LogP contribution is -2.51. The fourth-order valence-corrected chi connectivity index (χ4v) is 3.83. The average Bonchev–Trinajstić information content (AvgIpc) is 2.92. The van der Waals surface area contributed by atoms with Crippen LogP contribution in [0.2, 0.25) is 0 Å². The minimum Gasteiger partial charge on any atom is -0.379 e. The second kappa shape index (κ2) is 8.12. The van der Waals surface area contributed by atoms with Gasteiger partial charge >= 0.3 is 0 Å². The molecule has 6 heteroatoms. The number of rotatable bonds is 5. The Morgan fingerprint density at radius 2 is 2.00 bits per heavy atom. The van der Waals surface area contributed by atoms with Gasteiger partial charge in [0.2, 0.25) is 5.91 Å². The quantitative estimate of drug-likeness (QED) is 0.823. The minimum absolute atomic E-state index is 0.271. The van der Waals surface area contributed by atoms with Crippen molar-refractivity contribution in [3.05, 3.63) is 17.0 Å². The first-order chi connectivity index (χ1) is 11.6. The number of nitrogens with zero attached hydrogens (tertiary/aromatic N) is 3. The monoisotopic (exact) mass is 335 g/mol. The molecule has 1 atom stereocenters. The molecule has 2 saturated heterocycles. The van der Waals surface area contributed by atoms with Gasteiger partial charge in [-0.3, -0.25) is 9.69 Å². The number of morpholine rings is 1. The summed E-state index contributed by atoms with van der Waals surface area (Å²) in [5.41, 5.74) is 1.99. The molecule has 134 valence electrons. The average molecular weight is 335 g/mol. The summed E-state index contributed by atoms with van der Waals surface area (Å²) in [5.74, 6) is 1.11. The third-order valence-corrected chi connectivity index (χ3v) is 5.29. The summed E-state index contributed by atoms with van der Waals surface area (Å²) in [4.78, 5) is 17.4. The van der Waals surface area contributed by atoms with Crippen LogP contribution in [0.5, 0.6) is 0 Å². The van der Waals surface area contributed by atoms with Gasteiger partial charge in [-0.05, 0) is 39.5 Å². The Balaban J connectivity index is 1.56. The first-order valence-electron chi connectivity index (χ1n) is 9.16. The summed E-state index contributed by atoms with van der Waals surface area (Å²) in [6.45, 7) is 9.34. The number of hydrogen-bond acceptors (Lipinski definition) is 5. The van der Waals surface area contributed by atoms with Gasteiger partial charge in [0.25, 0.3) is 0 Å². The van der Waals surface area contributed by atoms with Crippen LogP contribution in [0, 0.1) is 13.8 Å². The van der Waals surface area contributed by atoms with Crippen molar-refractivity contribution < 1.29 is 14.1 Å². The number of amides is 1. The number of carbonyl (C=O) groups excluding carboxylic acids is 1. The van der Waals surface area contributed by atoms with Crippen LogP contribution < -0.4 is 0 Å². The fraction of sp³-hybridized carbons (Fsp3) is 0.778. The lowest BCUT2D eigenvalue weighted by Gasteiger charge is -2.39. The first-order valence-corrected chi connectivity index (χ1v) is 9.16. The summed E-state index contributed by atoms with van der Waals surface area (Å²) in [7, 11) is 0. The minimum atomic E-state index is 0.271. The van der Waals surface area contributed by atoms with E-state index in [1.54, 1.807) is 0 Å². The molecule has 0 aliphatic carbocycles. The van der Waals surface area contributed by atoms with Crippen LogP contribution in [0.15, 0.2) is 4.52 Å². The lowest BCUT2D eigenvalue weighted by atomic mass is 9.99. The predicted octanol–water partition coefficient (Wildman–Crippen LogP) is 1.94. The molecule has 1 amide bonds. The molecule has 2 aliphatic heterocycles. The third-order valence-electron chi connectivity index (χ3n) is 5.29. The lowest BCUT2D eigenvalue weighted by molar-refractivity contribution is -0.135. The van der Waals surface area contributed by atoms with E-state index in [0.29, 0.717) is 12.5 Å². The van der Waals surface area contributed by atoms with Crippen molar-refractivity contribution in [1.29, 1.82) is 0 Å². The molecule has 24 heavy (non-hydrogen) atoms. The van der Waals surface area contributed by atoms with Crippen molar-refractivity contribution in [3.8, 4) is 0 Å². The van der Waals surface area contributed by atoms with E-state index in [-0.39, 0.29) is 5.91 Å². The van der Waals surface area contributed by atoms with Crippen molar-refractivity contribution in [1.82, 2.24) is 15.0 Å². The molecule has 1 aromatic rings. The zero-order valence-corrected chi connectivity index (χ0v) is 14.9. The second-order valence-electron chi connectivity index (χ2n) is 6.95. The predicted molar refractivity (Wildman–Crippen MR) is 90.9 cm³/mol. The Morgan fingerprint density at radius 3 is 2.71 bits per heavy atom. The summed E-state index contributed by atoms with van der Waals surface area (Å²) < 4.78 is 10.6. The first kappa shape index (κ1) is 17.4. The highest BCUT2D eigenvalue weighted by atomic mass is 16.5. The summed E-state index contributed by atoms with van der Waals surface area (Å²) in [6.07, 6.45) is 4.73. The highest BCUT2D eigenvalue weighted by molar-refractivity contribution is 5.77. The van der Waals surface area contributed by atoms with E-state index in [2.05, 4.69) is 15.0 Å². The number of piperidine rings is 1. The second-order valence-corrected chi connectivity index (χ2v) is 6.95. The topological polar surface area (TPSA) is 58.8 Å². The van der Waals surface area contributed by atoms with Crippen molar-refractivity contribution in [2.24, 2.45) is 0 Å². The fourth-order valence-electron chi connectivity index (χ4n) is 3.83. The molecule has 3 rings (SSSR count). The van der Waals surface area contributed by atoms with Crippen molar-refractivity contribution in [2.75, 3.05) is 39.4 Å². The SMILES string of the molecule is Cc1noc(C)c1CCC(=O)N1CCCC[C@H]1CN1CCOCC1. The van der Waals surface area contributed by atoms with Gasteiger partial charge in [0.15, 0.2) is 0 Å². The van der Waals surface area contributed by atoms with Crippen LogP contribution in [-0.4, -0.2) is 66.3 Å². The Morgan fingerprint density at radius 1 is 1.21 bits per heavy atom. The van der Waals surface area contributed by atoms with Gasteiger partial charge in [-0.25, -0.2) is 0 Å². The highest BCUT2D eigenvalue weighted by Gasteiger charge is 2.28. The highest BCUT2D eigenvalue weighted by Crippen LogP contribution is 2.21. The molecule has 2 fully saturated rings. The third kappa shape index (κ3) is 4.16. The van der Waals surface area contributed by atoms with E-state index in [1.807, 2.05) is 13.8 Å². The molecule has 6 nitrogen and oxygen atoms in total. The van der Waals surface area contributed by atoms with E-state index >= 15 is 0 Å². The Bertz CT molecular complexity index is 532. The Kier molecular flexibility index (Phi) is 5.89. The Hall–Kier alpha value is -1.40. The van der Waals surface area contributed by atoms with Crippen molar-refractivity contribution in [3.63, 3.8) is 0 Å². The van der Waals surface area contributed by atoms with Crippen LogP contribution in [0.3, 0.4) is 0 Å². The molecule has 0 aromatic carbocycles. The molecule has 0 spiro atoms. The number of carbonyl (C=O) groups is 1. The Labute approximate surface area is 144 Å². The molecular weight excluding hydrogens is 306 g/mol. The van der Waals surface area contributed by atoms with Crippen molar-refractivity contribution in [2.45, 2.75) is 52.0 Å². The van der Waals surface area contributed by atoms with Crippen LogP contribution in [0.4, 0.5) is 0 Å². The number of likely N-dealkylation sites (tertiary alicyclic amines) is 1. The molecule has 0 radical (unpaired) electrons. The normalized spacial score (nSPS) is 22.8. The zero-order chi connectivity index (χ0) is 16.9.